The summed E-state index contributed by atoms with van der Waals surface area (Å²) >= 11 is 3.54. The van der Waals surface area contributed by atoms with Gasteiger partial charge in [-0.05, 0) is 172 Å². The lowest BCUT2D eigenvalue weighted by molar-refractivity contribution is 0.00578. The molecule has 7 rings (SSSR count). The summed E-state index contributed by atoms with van der Waals surface area (Å²) in [5.41, 5.74) is 5.84. The molecule has 286 valence electrons. The standard InChI is InChI=1S/C18H27BO2.C12H24B2O4.C12H15Br/c1-16(2)11-7-8-13-9-10-14(12-15(13)16)19-20-17(3,4)18(5,6)21-19;1-9(2)10(3,4)16-13(15-9)14-17-11(5,6)12(7,8)18-14;1-12(2)7-3-4-9-5-6-10(13)8-11(9)12/h9-10,12H,7-8,11H2,1-6H3;1-8H3;5-6,8H,3-4,7H2,1-2H3. The Morgan fingerprint density at radius 2 is 0.808 bits per heavy atom. The SMILES string of the molecule is CC1(C)CCCc2ccc(B3OC(C)(C)C(C)(C)O3)cc21.CC1(C)CCCc2ccc(Br)cc21.CC1(C)OB(B2OC(C)(C)C(C)(C)O2)OC1(C)C. The van der Waals surface area contributed by atoms with Crippen LogP contribution in [0, 0.1) is 0 Å². The molecule has 3 heterocycles. The van der Waals surface area contributed by atoms with Crippen LogP contribution in [0.2, 0.25) is 0 Å². The normalized spacial score (nSPS) is 26.4. The Hall–Kier alpha value is -1.13. The van der Waals surface area contributed by atoms with Crippen LogP contribution in [0.25, 0.3) is 0 Å². The number of hydrogen-bond acceptors (Lipinski definition) is 6. The van der Waals surface area contributed by atoms with Gasteiger partial charge in [-0.3, -0.25) is 0 Å². The van der Waals surface area contributed by atoms with Crippen LogP contribution in [0.5, 0.6) is 0 Å². The van der Waals surface area contributed by atoms with Gasteiger partial charge in [0.2, 0.25) is 0 Å². The fraction of sp³-hybridized carbons (Fsp3) is 0.714. The highest BCUT2D eigenvalue weighted by molar-refractivity contribution is 9.10. The second-order valence-electron chi connectivity index (χ2n) is 20.0. The number of benzene rings is 2. The highest BCUT2D eigenvalue weighted by Gasteiger charge is 2.63. The van der Waals surface area contributed by atoms with Crippen molar-refractivity contribution in [2.75, 3.05) is 0 Å². The van der Waals surface area contributed by atoms with Gasteiger partial charge in [-0.1, -0.05) is 67.9 Å². The molecule has 2 aromatic rings. The van der Waals surface area contributed by atoms with Crippen LogP contribution in [0.3, 0.4) is 0 Å². The Labute approximate surface area is 326 Å². The van der Waals surface area contributed by atoms with E-state index in [1.165, 1.54) is 59.7 Å². The van der Waals surface area contributed by atoms with Gasteiger partial charge in [0, 0.05) is 4.47 Å². The zero-order valence-electron chi connectivity index (χ0n) is 35.3. The van der Waals surface area contributed by atoms with Crippen LogP contribution >= 0.6 is 15.9 Å². The van der Waals surface area contributed by atoms with Gasteiger partial charge in [-0.25, -0.2) is 0 Å². The molecule has 0 atom stereocenters. The van der Waals surface area contributed by atoms with Gasteiger partial charge >= 0.3 is 21.1 Å². The van der Waals surface area contributed by atoms with Crippen molar-refractivity contribution in [3.63, 3.8) is 0 Å². The highest BCUT2D eigenvalue weighted by atomic mass is 79.9. The van der Waals surface area contributed by atoms with Crippen molar-refractivity contribution >= 4 is 42.5 Å². The number of fused-ring (bicyclic) bond motifs is 2. The fourth-order valence-electron chi connectivity index (χ4n) is 7.67. The van der Waals surface area contributed by atoms with Crippen molar-refractivity contribution in [3.8, 4) is 0 Å². The van der Waals surface area contributed by atoms with E-state index in [0.29, 0.717) is 5.41 Å². The molecule has 0 radical (unpaired) electrons. The molecular formula is C42H66B3BrO6. The van der Waals surface area contributed by atoms with E-state index in [0.717, 1.165) is 5.46 Å². The highest BCUT2D eigenvalue weighted by Crippen LogP contribution is 2.44. The average molecular weight is 779 g/mol. The summed E-state index contributed by atoms with van der Waals surface area (Å²) < 4.78 is 37.4. The van der Waals surface area contributed by atoms with E-state index < -0.39 is 14.0 Å². The lowest BCUT2D eigenvalue weighted by Gasteiger charge is -2.33. The van der Waals surface area contributed by atoms with Gasteiger partial charge in [0.25, 0.3) is 0 Å². The molecule has 2 aliphatic carbocycles. The molecule has 0 saturated carbocycles. The summed E-state index contributed by atoms with van der Waals surface area (Å²) in [7, 11) is -1.20. The molecule has 0 N–H and O–H groups in total. The van der Waals surface area contributed by atoms with Crippen LogP contribution < -0.4 is 5.46 Å². The molecule has 3 aliphatic heterocycles. The fourth-order valence-corrected chi connectivity index (χ4v) is 8.04. The molecule has 0 aromatic heterocycles. The zero-order chi connectivity index (χ0) is 38.9. The van der Waals surface area contributed by atoms with Crippen molar-refractivity contribution in [3.05, 3.63) is 63.1 Å². The number of rotatable bonds is 2. The molecule has 10 heteroatoms. The molecule has 52 heavy (non-hydrogen) atoms. The number of aryl methyl sites for hydroxylation is 2. The third kappa shape index (κ3) is 8.34. The van der Waals surface area contributed by atoms with Crippen LogP contribution in [-0.2, 0) is 51.6 Å². The zero-order valence-corrected chi connectivity index (χ0v) is 36.9. The van der Waals surface area contributed by atoms with E-state index in [2.05, 4.69) is 108 Å². The summed E-state index contributed by atoms with van der Waals surface area (Å²) in [5.74, 6) is 0. The summed E-state index contributed by atoms with van der Waals surface area (Å²) in [4.78, 5) is 0. The Kier molecular flexibility index (Phi) is 11.4. The second-order valence-corrected chi connectivity index (χ2v) is 20.9. The lowest BCUT2D eigenvalue weighted by atomic mass is 9.49. The van der Waals surface area contributed by atoms with Gasteiger partial charge in [0.05, 0.1) is 33.6 Å². The average Bonchev–Trinajstić information content (AvgIpc) is 3.47. The van der Waals surface area contributed by atoms with E-state index in [1.54, 1.807) is 5.56 Å². The second kappa shape index (κ2) is 14.1. The van der Waals surface area contributed by atoms with Crippen molar-refractivity contribution in [2.24, 2.45) is 0 Å². The predicted octanol–water partition coefficient (Wildman–Crippen LogP) is 9.91. The summed E-state index contributed by atoms with van der Waals surface area (Å²) in [6, 6.07) is 13.5. The molecule has 0 amide bonds. The topological polar surface area (TPSA) is 55.4 Å². The first-order valence-corrected chi connectivity index (χ1v) is 20.4. The first kappa shape index (κ1) is 42.0. The molecule has 5 aliphatic rings. The minimum atomic E-state index is -0.476. The minimum absolute atomic E-state index is 0.252. The maximum Gasteiger partial charge on any atom is 0.494 e. The summed E-state index contributed by atoms with van der Waals surface area (Å²) in [5, 5.41) is 0. The molecule has 3 fully saturated rings. The molecule has 0 unspecified atom stereocenters. The van der Waals surface area contributed by atoms with E-state index in [-0.39, 0.29) is 46.1 Å². The molecule has 6 nitrogen and oxygen atoms in total. The van der Waals surface area contributed by atoms with Crippen LogP contribution in [0.1, 0.15) is 159 Å². The first-order valence-electron chi connectivity index (χ1n) is 19.6. The minimum Gasteiger partial charge on any atom is -0.405 e. The molecule has 2 aromatic carbocycles. The van der Waals surface area contributed by atoms with Gasteiger partial charge in [0.15, 0.2) is 0 Å². The monoisotopic (exact) mass is 778 g/mol. The van der Waals surface area contributed by atoms with Crippen molar-refractivity contribution in [2.45, 2.75) is 194 Å². The van der Waals surface area contributed by atoms with Gasteiger partial charge in [-0.2, -0.15) is 0 Å². The van der Waals surface area contributed by atoms with Crippen molar-refractivity contribution in [1.82, 2.24) is 0 Å². The number of halogens is 1. The van der Waals surface area contributed by atoms with E-state index >= 15 is 0 Å². The summed E-state index contributed by atoms with van der Waals surface area (Å²) in [6.45, 7) is 34.0. The smallest absolute Gasteiger partial charge is 0.405 e. The van der Waals surface area contributed by atoms with E-state index in [1.807, 2.05) is 55.4 Å². The Balaban J connectivity index is 0.000000155. The third-order valence-electron chi connectivity index (χ3n) is 13.5. The maximum absolute atomic E-state index is 6.19. The van der Waals surface area contributed by atoms with Gasteiger partial charge in [-0.15, -0.1) is 0 Å². The van der Waals surface area contributed by atoms with Crippen LogP contribution in [0.4, 0.5) is 0 Å². The van der Waals surface area contributed by atoms with E-state index in [4.69, 9.17) is 27.9 Å². The maximum atomic E-state index is 6.19. The van der Waals surface area contributed by atoms with Crippen molar-refractivity contribution < 1.29 is 27.9 Å². The Morgan fingerprint density at radius 3 is 1.21 bits per heavy atom. The molecule has 3 saturated heterocycles. The Morgan fingerprint density at radius 1 is 0.462 bits per heavy atom. The van der Waals surface area contributed by atoms with Gasteiger partial charge < -0.3 is 27.9 Å². The Bertz CT molecular complexity index is 1530. The van der Waals surface area contributed by atoms with E-state index in [9.17, 15) is 0 Å². The number of hydrogen-bond donors (Lipinski definition) is 0. The summed E-state index contributed by atoms with van der Waals surface area (Å²) in [6.07, 6.45) is 7.65. The molecular weight excluding hydrogens is 713 g/mol. The van der Waals surface area contributed by atoms with Gasteiger partial charge in [0.1, 0.15) is 0 Å². The lowest BCUT2D eigenvalue weighted by Crippen LogP contribution is -2.41. The van der Waals surface area contributed by atoms with Crippen molar-refractivity contribution in [1.29, 1.82) is 0 Å². The quantitative estimate of drug-likeness (QED) is 0.283. The van der Waals surface area contributed by atoms with Crippen LogP contribution in [-0.4, -0.2) is 54.7 Å². The molecule has 0 spiro atoms. The third-order valence-corrected chi connectivity index (χ3v) is 13.9. The largest absolute Gasteiger partial charge is 0.494 e. The molecule has 0 bridgehead atoms. The predicted molar refractivity (Wildman–Crippen MR) is 220 cm³/mol. The first-order chi connectivity index (χ1) is 23.6. The van der Waals surface area contributed by atoms with Crippen LogP contribution in [0.15, 0.2) is 40.9 Å².